The molecular weight excluding hydrogens is 144 g/mol. The van der Waals surface area contributed by atoms with Crippen molar-refractivity contribution in [3.8, 4) is 0 Å². The molecule has 0 atom stereocenters. The third-order valence-electron chi connectivity index (χ3n) is 1.46. The van der Waals surface area contributed by atoms with Crippen LogP contribution in [-0.4, -0.2) is 49.9 Å². The highest BCUT2D eigenvalue weighted by atomic mass is 32.2. The zero-order valence-corrected chi connectivity index (χ0v) is 8.11. The van der Waals surface area contributed by atoms with E-state index >= 15 is 0 Å². The highest BCUT2D eigenvalue weighted by Crippen LogP contribution is 2.05. The Kier molecular flexibility index (Phi) is 4.95. The first kappa shape index (κ1) is 10.1. The zero-order chi connectivity index (χ0) is 8.15. The maximum atomic E-state index is 3.75. The Morgan fingerprint density at radius 1 is 1.20 bits per heavy atom. The summed E-state index contributed by atoms with van der Waals surface area (Å²) in [5.41, 5.74) is 0. The Hall–Kier alpha value is 0.140. The summed E-state index contributed by atoms with van der Waals surface area (Å²) < 4.78 is 0. The van der Waals surface area contributed by atoms with E-state index in [-0.39, 0.29) is 0 Å². The molecule has 0 rings (SSSR count). The van der Waals surface area contributed by atoms with Crippen LogP contribution in [0.2, 0.25) is 0 Å². The van der Waals surface area contributed by atoms with Crippen LogP contribution < -0.4 is 0 Å². The van der Waals surface area contributed by atoms with Crippen molar-refractivity contribution in [2.24, 2.45) is 0 Å². The lowest BCUT2D eigenvalue weighted by Gasteiger charge is -2.28. The molecule has 10 heavy (non-hydrogen) atoms. The van der Waals surface area contributed by atoms with E-state index in [4.69, 9.17) is 0 Å². The number of nitrogens with zero attached hydrogens (tertiary/aromatic N) is 2. The highest BCUT2D eigenvalue weighted by Gasteiger charge is 2.13. The Morgan fingerprint density at radius 3 is 1.70 bits per heavy atom. The van der Waals surface area contributed by atoms with Crippen molar-refractivity contribution in [3.05, 3.63) is 6.26 Å². The monoisotopic (exact) mass is 161 g/mol. The molecule has 3 heteroatoms. The van der Waals surface area contributed by atoms with Crippen molar-refractivity contribution < 1.29 is 0 Å². The largest absolute Gasteiger partial charge is 0.293 e. The molecule has 0 amide bonds. The first-order valence-electron chi connectivity index (χ1n) is 3.29. The third-order valence-corrected chi connectivity index (χ3v) is 1.99. The molecular formula is C7H17N2S+. The predicted octanol–water partition coefficient (Wildman–Crippen LogP) is 0.960. The minimum Gasteiger partial charge on any atom is -0.293 e. The molecule has 0 saturated heterocycles. The van der Waals surface area contributed by atoms with Gasteiger partial charge in [-0.25, -0.2) is 0 Å². The summed E-state index contributed by atoms with van der Waals surface area (Å²) in [5, 5.41) is 0. The van der Waals surface area contributed by atoms with E-state index < -0.39 is 0 Å². The van der Waals surface area contributed by atoms with Gasteiger partial charge in [0.25, 0.3) is 0 Å². The minimum atomic E-state index is 0.502. The molecule has 0 aromatic rings. The van der Waals surface area contributed by atoms with Crippen LogP contribution in [0.5, 0.6) is 0 Å². The van der Waals surface area contributed by atoms with Gasteiger partial charge in [-0.1, -0.05) is 0 Å². The van der Waals surface area contributed by atoms with Gasteiger partial charge in [0.2, 0.25) is 0 Å². The summed E-state index contributed by atoms with van der Waals surface area (Å²) in [7, 11) is 8.34. The Labute approximate surface area is 68.6 Å². The van der Waals surface area contributed by atoms with Gasteiger partial charge in [-0.15, -0.1) is 0 Å². The second-order valence-corrected chi connectivity index (χ2v) is 3.52. The quantitative estimate of drug-likeness (QED) is 0.448. The fourth-order valence-electron chi connectivity index (χ4n) is 0.865. The van der Waals surface area contributed by atoms with Crippen molar-refractivity contribution in [3.63, 3.8) is 0 Å². The van der Waals surface area contributed by atoms with Crippen molar-refractivity contribution in [1.29, 1.82) is 0 Å². The van der Waals surface area contributed by atoms with E-state index in [0.717, 1.165) is 5.75 Å². The number of thioether (sulfide) groups is 1. The lowest BCUT2D eigenvalue weighted by atomic mass is 10.5. The van der Waals surface area contributed by atoms with Gasteiger partial charge in [0.05, 0.1) is 23.7 Å². The van der Waals surface area contributed by atoms with Gasteiger partial charge >= 0.3 is 0 Å². The first-order valence-corrected chi connectivity index (χ1v) is 4.45. The van der Waals surface area contributed by atoms with Crippen molar-refractivity contribution in [1.82, 2.24) is 9.80 Å². The second-order valence-electron chi connectivity index (χ2n) is 2.78. The molecule has 0 aliphatic rings. The molecule has 0 heterocycles. The standard InChI is InChI=1S/C7H17N2S/c1-8(2)7(6-10-5)9(3)4/h7H,5-6H2,1-4H3/q+1. The average molecular weight is 161 g/mol. The molecule has 0 bridgehead atoms. The molecule has 0 saturated carbocycles. The van der Waals surface area contributed by atoms with Gasteiger partial charge in [0.1, 0.15) is 6.26 Å². The molecule has 2 nitrogen and oxygen atoms in total. The number of rotatable bonds is 4. The van der Waals surface area contributed by atoms with Gasteiger partial charge in [-0.05, 0) is 28.2 Å². The summed E-state index contributed by atoms with van der Waals surface area (Å²) >= 11 is 1.63. The molecule has 0 aliphatic heterocycles. The fourth-order valence-corrected chi connectivity index (χ4v) is 1.67. The van der Waals surface area contributed by atoms with Crippen LogP contribution in [0.4, 0.5) is 0 Å². The maximum absolute atomic E-state index is 3.75. The predicted molar refractivity (Wildman–Crippen MR) is 49.0 cm³/mol. The van der Waals surface area contributed by atoms with E-state index in [1.807, 2.05) is 0 Å². The van der Waals surface area contributed by atoms with Crippen LogP contribution in [0.1, 0.15) is 0 Å². The normalized spacial score (nSPS) is 11.9. The van der Waals surface area contributed by atoms with Crippen LogP contribution in [0, 0.1) is 6.26 Å². The van der Waals surface area contributed by atoms with Crippen molar-refractivity contribution in [2.45, 2.75) is 6.17 Å². The summed E-state index contributed by atoms with van der Waals surface area (Å²) in [6.07, 6.45) is 4.26. The summed E-state index contributed by atoms with van der Waals surface area (Å²) in [4.78, 5) is 4.39. The molecule has 0 unspecified atom stereocenters. The van der Waals surface area contributed by atoms with E-state index in [2.05, 4.69) is 44.2 Å². The number of hydrogen-bond acceptors (Lipinski definition) is 3. The first-order chi connectivity index (χ1) is 4.59. The third kappa shape index (κ3) is 3.34. The van der Waals surface area contributed by atoms with E-state index in [1.165, 1.54) is 0 Å². The molecule has 60 valence electrons. The topological polar surface area (TPSA) is 6.48 Å². The lowest BCUT2D eigenvalue weighted by molar-refractivity contribution is 0.152. The average Bonchev–Trinajstić information content (AvgIpc) is 1.81. The smallest absolute Gasteiger partial charge is 0.128 e. The summed E-state index contributed by atoms with van der Waals surface area (Å²) in [6.45, 7) is 0. The van der Waals surface area contributed by atoms with Crippen LogP contribution in [-0.2, 0) is 0 Å². The lowest BCUT2D eigenvalue weighted by Crippen LogP contribution is -2.42. The van der Waals surface area contributed by atoms with Crippen LogP contribution in [0.25, 0.3) is 0 Å². The van der Waals surface area contributed by atoms with Crippen LogP contribution in [0.15, 0.2) is 0 Å². The Bertz CT molecular complexity index is 75.7. The molecule has 0 aromatic heterocycles. The SMILES string of the molecule is [CH2+]SCC(N(C)C)N(C)C. The van der Waals surface area contributed by atoms with Gasteiger partial charge in [-0.2, -0.15) is 0 Å². The van der Waals surface area contributed by atoms with Gasteiger partial charge in [0.15, 0.2) is 0 Å². The van der Waals surface area contributed by atoms with Crippen LogP contribution in [0.3, 0.4) is 0 Å². The van der Waals surface area contributed by atoms with Gasteiger partial charge < -0.3 is 0 Å². The molecule has 0 aliphatic carbocycles. The van der Waals surface area contributed by atoms with Crippen molar-refractivity contribution in [2.75, 3.05) is 33.9 Å². The Morgan fingerprint density at radius 2 is 1.60 bits per heavy atom. The van der Waals surface area contributed by atoms with E-state index in [0.29, 0.717) is 6.17 Å². The van der Waals surface area contributed by atoms with E-state index in [9.17, 15) is 0 Å². The maximum Gasteiger partial charge on any atom is 0.128 e. The minimum absolute atomic E-state index is 0.502. The Balaban J connectivity index is 3.73. The van der Waals surface area contributed by atoms with Gasteiger partial charge in [-0.3, -0.25) is 9.80 Å². The molecule has 0 aromatic carbocycles. The molecule has 0 spiro atoms. The molecule has 0 radical (unpaired) electrons. The van der Waals surface area contributed by atoms with Crippen LogP contribution >= 0.6 is 11.8 Å². The molecule has 0 N–H and O–H groups in total. The number of hydrogen-bond donors (Lipinski definition) is 0. The zero-order valence-electron chi connectivity index (χ0n) is 7.29. The van der Waals surface area contributed by atoms with E-state index in [1.54, 1.807) is 11.8 Å². The summed E-state index contributed by atoms with van der Waals surface area (Å²) in [6, 6.07) is 0. The highest BCUT2D eigenvalue weighted by molar-refractivity contribution is 8.00. The summed E-state index contributed by atoms with van der Waals surface area (Å²) in [5.74, 6) is 1.06. The van der Waals surface area contributed by atoms with Crippen molar-refractivity contribution >= 4 is 11.8 Å². The molecule has 0 fully saturated rings. The second kappa shape index (κ2) is 4.88. The van der Waals surface area contributed by atoms with Gasteiger partial charge in [0, 0.05) is 0 Å². The fraction of sp³-hybridized carbons (Fsp3) is 0.857.